The minimum absolute atomic E-state index is 0. The summed E-state index contributed by atoms with van der Waals surface area (Å²) >= 11 is 0. The number of piperidine rings is 2. The van der Waals surface area contributed by atoms with Gasteiger partial charge >= 0.3 is 17.1 Å². The number of fused-ring (bicyclic) bond motifs is 2. The number of halogens is 2. The van der Waals surface area contributed by atoms with Crippen LogP contribution in [0.3, 0.4) is 0 Å². The summed E-state index contributed by atoms with van der Waals surface area (Å²) in [5, 5.41) is 9.30. The summed E-state index contributed by atoms with van der Waals surface area (Å²) in [6, 6.07) is 1.56. The quantitative estimate of drug-likeness (QED) is 0.479. The molecule has 4 unspecified atom stereocenters. The Morgan fingerprint density at radius 2 is 0.826 bits per heavy atom. The van der Waals surface area contributed by atoms with Crippen molar-refractivity contribution in [1.29, 1.82) is 0 Å². The SMILES string of the molecule is C1CCC2[N-]CCCC2C1.C1CCC2[N-]CCCC2C1.[Cl-].[Cl-].[Cu+2]. The molecule has 0 N–H and O–H groups in total. The van der Waals surface area contributed by atoms with Crippen molar-refractivity contribution < 1.29 is 41.9 Å². The minimum Gasteiger partial charge on any atom is -1.00 e. The van der Waals surface area contributed by atoms with E-state index in [0.29, 0.717) is 0 Å². The van der Waals surface area contributed by atoms with Gasteiger partial charge in [-0.3, -0.25) is 0 Å². The van der Waals surface area contributed by atoms with Crippen molar-refractivity contribution in [2.75, 3.05) is 13.1 Å². The summed E-state index contributed by atoms with van der Waals surface area (Å²) < 4.78 is 0. The van der Waals surface area contributed by atoms with Crippen LogP contribution in [0.25, 0.3) is 10.6 Å². The maximum atomic E-state index is 4.65. The van der Waals surface area contributed by atoms with Crippen molar-refractivity contribution in [2.24, 2.45) is 11.8 Å². The molecule has 2 aliphatic heterocycles. The Morgan fingerprint density at radius 1 is 0.478 bits per heavy atom. The molecule has 4 fully saturated rings. The molecular weight excluding hydrogens is 379 g/mol. The average molecular weight is 411 g/mol. The Kier molecular flexibility index (Phi) is 13.8. The minimum atomic E-state index is 0. The van der Waals surface area contributed by atoms with Crippen molar-refractivity contribution in [3.8, 4) is 0 Å². The van der Waals surface area contributed by atoms with Crippen LogP contribution < -0.4 is 24.8 Å². The van der Waals surface area contributed by atoms with Crippen LogP contribution in [0.4, 0.5) is 0 Å². The first-order valence-electron chi connectivity index (χ1n) is 9.27. The normalized spacial score (nSPS) is 35.5. The van der Waals surface area contributed by atoms with E-state index in [1.165, 1.54) is 77.0 Å². The number of hydrogen-bond donors (Lipinski definition) is 0. The molecule has 4 rings (SSSR count). The van der Waals surface area contributed by atoms with Crippen molar-refractivity contribution in [2.45, 2.75) is 89.1 Å². The fraction of sp³-hybridized carbons (Fsp3) is 1.00. The molecule has 2 saturated heterocycles. The summed E-state index contributed by atoms with van der Waals surface area (Å²) in [7, 11) is 0. The molecule has 4 atom stereocenters. The van der Waals surface area contributed by atoms with Crippen LogP contribution in [0.5, 0.6) is 0 Å². The van der Waals surface area contributed by atoms with E-state index in [0.717, 1.165) is 37.0 Å². The van der Waals surface area contributed by atoms with Crippen LogP contribution in [0.15, 0.2) is 0 Å². The molecule has 4 aliphatic rings. The van der Waals surface area contributed by atoms with E-state index >= 15 is 0 Å². The molecule has 5 heteroatoms. The first-order chi connectivity index (χ1) is 9.93. The van der Waals surface area contributed by atoms with Crippen LogP contribution in [-0.4, -0.2) is 25.2 Å². The Labute approximate surface area is 166 Å². The summed E-state index contributed by atoms with van der Waals surface area (Å²) in [4.78, 5) is 0. The van der Waals surface area contributed by atoms with Crippen LogP contribution in [0.1, 0.15) is 77.0 Å². The summed E-state index contributed by atoms with van der Waals surface area (Å²) in [6.45, 7) is 2.31. The molecule has 0 aromatic carbocycles. The van der Waals surface area contributed by atoms with Crippen LogP contribution >= 0.6 is 0 Å². The molecule has 2 saturated carbocycles. The zero-order valence-electron chi connectivity index (χ0n) is 14.2. The van der Waals surface area contributed by atoms with Crippen molar-refractivity contribution in [3.05, 3.63) is 10.6 Å². The number of nitrogens with zero attached hydrogens (tertiary/aromatic N) is 2. The third-order valence-corrected chi connectivity index (χ3v) is 5.93. The molecule has 141 valence electrons. The van der Waals surface area contributed by atoms with Crippen LogP contribution in [0, 0.1) is 11.8 Å². The van der Waals surface area contributed by atoms with E-state index in [1.54, 1.807) is 0 Å². The van der Waals surface area contributed by atoms with E-state index in [-0.39, 0.29) is 41.9 Å². The van der Waals surface area contributed by atoms with E-state index in [2.05, 4.69) is 10.6 Å². The Hall–Kier alpha value is 1.02. The zero-order chi connectivity index (χ0) is 13.6. The van der Waals surface area contributed by atoms with Crippen molar-refractivity contribution in [3.63, 3.8) is 0 Å². The van der Waals surface area contributed by atoms with Gasteiger partial charge in [0.15, 0.2) is 0 Å². The van der Waals surface area contributed by atoms with Crippen LogP contribution in [-0.2, 0) is 17.1 Å². The number of hydrogen-bond acceptors (Lipinski definition) is 0. The van der Waals surface area contributed by atoms with Gasteiger partial charge in [-0.1, -0.05) is 88.9 Å². The average Bonchev–Trinajstić information content (AvgIpc) is 2.56. The Morgan fingerprint density at radius 3 is 1.22 bits per heavy atom. The van der Waals surface area contributed by atoms with E-state index in [1.807, 2.05) is 0 Å². The zero-order valence-corrected chi connectivity index (χ0v) is 16.6. The molecule has 1 radical (unpaired) electrons. The largest absolute Gasteiger partial charge is 2.00 e. The maximum Gasteiger partial charge on any atom is 2.00 e. The predicted octanol–water partition coefficient (Wildman–Crippen LogP) is -0.569. The third kappa shape index (κ3) is 7.42. The second-order valence-electron chi connectivity index (χ2n) is 7.32. The van der Waals surface area contributed by atoms with E-state index < -0.39 is 0 Å². The first-order valence-corrected chi connectivity index (χ1v) is 9.27. The smallest absolute Gasteiger partial charge is 1.00 e. The summed E-state index contributed by atoms with van der Waals surface area (Å²) in [5.41, 5.74) is 0. The predicted molar refractivity (Wildman–Crippen MR) is 86.4 cm³/mol. The van der Waals surface area contributed by atoms with Gasteiger partial charge in [-0.05, 0) is 0 Å². The molecule has 2 nitrogen and oxygen atoms in total. The van der Waals surface area contributed by atoms with Gasteiger partial charge in [0, 0.05) is 0 Å². The van der Waals surface area contributed by atoms with Gasteiger partial charge in [-0.25, -0.2) is 0 Å². The first kappa shape index (κ1) is 24.0. The van der Waals surface area contributed by atoms with Gasteiger partial charge in [0.05, 0.1) is 0 Å². The fourth-order valence-corrected chi connectivity index (χ4v) is 4.75. The molecule has 0 bridgehead atoms. The topological polar surface area (TPSA) is 28.2 Å². The van der Waals surface area contributed by atoms with Crippen LogP contribution in [0.2, 0.25) is 0 Å². The molecule has 0 amide bonds. The second-order valence-corrected chi connectivity index (χ2v) is 7.32. The van der Waals surface area contributed by atoms with Gasteiger partial charge < -0.3 is 35.4 Å². The molecule has 2 aliphatic carbocycles. The Bertz CT molecular complexity index is 214. The van der Waals surface area contributed by atoms with Gasteiger partial charge in [0.1, 0.15) is 0 Å². The molecular formula is C18H32Cl2CuN2-2. The third-order valence-electron chi connectivity index (χ3n) is 5.93. The maximum absolute atomic E-state index is 4.65. The van der Waals surface area contributed by atoms with Gasteiger partial charge in [0.25, 0.3) is 0 Å². The molecule has 23 heavy (non-hydrogen) atoms. The Balaban J connectivity index is 0.000000372. The summed E-state index contributed by atoms with van der Waals surface area (Å²) in [5.74, 6) is 1.98. The molecule has 0 aromatic heterocycles. The summed E-state index contributed by atoms with van der Waals surface area (Å²) in [6.07, 6.45) is 17.2. The van der Waals surface area contributed by atoms with Crippen molar-refractivity contribution >= 4 is 0 Å². The molecule has 0 aromatic rings. The number of rotatable bonds is 0. The van der Waals surface area contributed by atoms with Gasteiger partial charge in [-0.15, -0.1) is 25.2 Å². The standard InChI is InChI=1S/2C9H16N.2ClH.Cu/c2*1-2-6-9-8(4-1)5-3-7-10-9;;;/h2*8-9H,1-7H2;2*1H;/q2*-1;;;+2/p-2. The molecule has 0 spiro atoms. The van der Waals surface area contributed by atoms with Gasteiger partial charge in [0.2, 0.25) is 0 Å². The monoisotopic (exact) mass is 409 g/mol. The van der Waals surface area contributed by atoms with Crippen molar-refractivity contribution in [1.82, 2.24) is 0 Å². The van der Waals surface area contributed by atoms with E-state index in [9.17, 15) is 0 Å². The van der Waals surface area contributed by atoms with E-state index in [4.69, 9.17) is 0 Å². The fourth-order valence-electron chi connectivity index (χ4n) is 4.75. The second kappa shape index (κ2) is 13.3. The molecule has 2 heterocycles. The van der Waals surface area contributed by atoms with Gasteiger partial charge in [-0.2, -0.15) is 0 Å².